The van der Waals surface area contributed by atoms with Crippen molar-refractivity contribution in [2.75, 3.05) is 26.7 Å². The van der Waals surface area contributed by atoms with E-state index in [1.807, 2.05) is 19.1 Å². The summed E-state index contributed by atoms with van der Waals surface area (Å²) in [4.78, 5) is 19.7. The van der Waals surface area contributed by atoms with Crippen LogP contribution in [0.25, 0.3) is 0 Å². The van der Waals surface area contributed by atoms with Gasteiger partial charge in [-0.25, -0.2) is 4.98 Å². The Hall–Kier alpha value is -1.92. The number of aromatic nitrogens is 1. The summed E-state index contributed by atoms with van der Waals surface area (Å²) >= 11 is 1.39. The Morgan fingerprint density at radius 3 is 2.88 bits per heavy atom. The van der Waals surface area contributed by atoms with Gasteiger partial charge in [0.1, 0.15) is 10.6 Å². The third-order valence-electron chi connectivity index (χ3n) is 4.47. The van der Waals surface area contributed by atoms with Crippen LogP contribution in [0.3, 0.4) is 0 Å². The maximum absolute atomic E-state index is 12.4. The van der Waals surface area contributed by atoms with Crippen LogP contribution in [0.4, 0.5) is 0 Å². The molecule has 1 aliphatic rings. The van der Waals surface area contributed by atoms with E-state index in [4.69, 9.17) is 4.74 Å². The molecule has 6 heteroatoms. The predicted octanol–water partition coefficient (Wildman–Crippen LogP) is 3.03. The standard InChI is InChI=1S/C18H23N3O2S/c1-13-17(24-12-20-13)18(22)19-11-16(21-8-3-4-9-21)14-6-5-7-15(10-14)23-2/h5-7,10,12,16H,3-4,8-9,11H2,1-2H3,(H,19,22)/t16-/m0/s1. The number of amides is 1. The third kappa shape index (κ3) is 3.76. The summed E-state index contributed by atoms with van der Waals surface area (Å²) in [5, 5.41) is 3.09. The number of hydrogen-bond donors (Lipinski definition) is 1. The summed E-state index contributed by atoms with van der Waals surface area (Å²) < 4.78 is 5.36. The highest BCUT2D eigenvalue weighted by atomic mass is 32.1. The molecule has 1 fully saturated rings. The summed E-state index contributed by atoms with van der Waals surface area (Å²) in [5.41, 5.74) is 3.68. The monoisotopic (exact) mass is 345 g/mol. The molecule has 0 radical (unpaired) electrons. The van der Waals surface area contributed by atoms with Crippen molar-refractivity contribution in [3.8, 4) is 5.75 Å². The van der Waals surface area contributed by atoms with Gasteiger partial charge in [0.05, 0.1) is 24.4 Å². The van der Waals surface area contributed by atoms with E-state index >= 15 is 0 Å². The molecule has 1 aromatic heterocycles. The van der Waals surface area contributed by atoms with Crippen molar-refractivity contribution >= 4 is 17.2 Å². The lowest BCUT2D eigenvalue weighted by molar-refractivity contribution is 0.0941. The fourth-order valence-corrected chi connectivity index (χ4v) is 3.87. The summed E-state index contributed by atoms with van der Waals surface area (Å²) in [6, 6.07) is 8.29. The van der Waals surface area contributed by atoms with Gasteiger partial charge in [0.2, 0.25) is 0 Å². The van der Waals surface area contributed by atoms with Crippen LogP contribution in [0.5, 0.6) is 5.75 Å². The van der Waals surface area contributed by atoms with Crippen LogP contribution in [0.1, 0.15) is 39.8 Å². The number of likely N-dealkylation sites (tertiary alicyclic amines) is 1. The van der Waals surface area contributed by atoms with E-state index in [0.29, 0.717) is 11.4 Å². The largest absolute Gasteiger partial charge is 0.497 e. The molecule has 2 heterocycles. The van der Waals surface area contributed by atoms with E-state index in [9.17, 15) is 4.79 Å². The van der Waals surface area contributed by atoms with Gasteiger partial charge in [-0.15, -0.1) is 11.3 Å². The van der Waals surface area contributed by atoms with E-state index in [1.54, 1.807) is 12.6 Å². The number of rotatable bonds is 6. The lowest BCUT2D eigenvalue weighted by atomic mass is 10.0. The number of ether oxygens (including phenoxy) is 1. The maximum Gasteiger partial charge on any atom is 0.263 e. The lowest BCUT2D eigenvalue weighted by Crippen LogP contribution is -2.36. The van der Waals surface area contributed by atoms with E-state index in [1.165, 1.54) is 29.7 Å². The van der Waals surface area contributed by atoms with Gasteiger partial charge in [-0.1, -0.05) is 12.1 Å². The number of carbonyl (C=O) groups excluding carboxylic acids is 1. The molecule has 1 saturated heterocycles. The first kappa shape index (κ1) is 16.9. The van der Waals surface area contributed by atoms with Gasteiger partial charge in [-0.2, -0.15) is 0 Å². The molecule has 5 nitrogen and oxygen atoms in total. The second kappa shape index (κ2) is 7.77. The summed E-state index contributed by atoms with van der Waals surface area (Å²) in [5.74, 6) is 0.809. The van der Waals surface area contributed by atoms with Gasteiger partial charge in [0.25, 0.3) is 5.91 Å². The summed E-state index contributed by atoms with van der Waals surface area (Å²) in [6.45, 7) is 4.59. The van der Waals surface area contributed by atoms with Crippen LogP contribution in [0.2, 0.25) is 0 Å². The van der Waals surface area contributed by atoms with Crippen molar-refractivity contribution in [1.82, 2.24) is 15.2 Å². The minimum Gasteiger partial charge on any atom is -0.497 e. The van der Waals surface area contributed by atoms with Crippen LogP contribution in [-0.4, -0.2) is 42.5 Å². The number of hydrogen-bond acceptors (Lipinski definition) is 5. The Kier molecular flexibility index (Phi) is 5.48. The van der Waals surface area contributed by atoms with E-state index in [-0.39, 0.29) is 11.9 Å². The fraction of sp³-hybridized carbons (Fsp3) is 0.444. The predicted molar refractivity (Wildman–Crippen MR) is 95.7 cm³/mol. The third-order valence-corrected chi connectivity index (χ3v) is 5.40. The Bertz CT molecular complexity index is 695. The number of nitrogens with one attached hydrogen (secondary N) is 1. The Balaban J connectivity index is 1.75. The van der Waals surface area contributed by atoms with Gasteiger partial charge < -0.3 is 10.1 Å². The summed E-state index contributed by atoms with van der Waals surface area (Å²) in [6.07, 6.45) is 2.42. The number of benzene rings is 1. The van der Waals surface area contributed by atoms with E-state index in [0.717, 1.165) is 24.5 Å². The molecule has 1 amide bonds. The van der Waals surface area contributed by atoms with Crippen molar-refractivity contribution in [3.63, 3.8) is 0 Å². The Morgan fingerprint density at radius 2 is 2.21 bits per heavy atom. The molecule has 128 valence electrons. The van der Waals surface area contributed by atoms with Crippen LogP contribution in [-0.2, 0) is 0 Å². The molecule has 0 unspecified atom stereocenters. The quantitative estimate of drug-likeness (QED) is 0.874. The molecule has 1 aliphatic heterocycles. The molecule has 3 rings (SSSR count). The van der Waals surface area contributed by atoms with Gasteiger partial charge in [0, 0.05) is 6.54 Å². The number of nitrogens with zero attached hydrogens (tertiary/aromatic N) is 2. The smallest absolute Gasteiger partial charge is 0.263 e. The van der Waals surface area contributed by atoms with Gasteiger partial charge in [-0.3, -0.25) is 9.69 Å². The van der Waals surface area contributed by atoms with Crippen molar-refractivity contribution in [3.05, 3.63) is 45.9 Å². The Morgan fingerprint density at radius 1 is 1.42 bits per heavy atom. The molecule has 0 aliphatic carbocycles. The SMILES string of the molecule is COc1cccc([C@H](CNC(=O)c2scnc2C)N2CCCC2)c1. The van der Waals surface area contributed by atoms with Crippen LogP contribution in [0.15, 0.2) is 29.8 Å². The average molecular weight is 345 g/mol. The van der Waals surface area contributed by atoms with Crippen molar-refractivity contribution < 1.29 is 9.53 Å². The lowest BCUT2D eigenvalue weighted by Gasteiger charge is -2.28. The van der Waals surface area contributed by atoms with Crippen molar-refractivity contribution in [1.29, 1.82) is 0 Å². The molecular formula is C18H23N3O2S. The fourth-order valence-electron chi connectivity index (χ4n) is 3.15. The Labute approximate surface area is 146 Å². The van der Waals surface area contributed by atoms with Crippen molar-refractivity contribution in [2.24, 2.45) is 0 Å². The molecule has 24 heavy (non-hydrogen) atoms. The second-order valence-electron chi connectivity index (χ2n) is 6.01. The first-order valence-electron chi connectivity index (χ1n) is 8.25. The van der Waals surface area contributed by atoms with Gasteiger partial charge in [0.15, 0.2) is 0 Å². The minimum atomic E-state index is -0.0397. The van der Waals surface area contributed by atoms with Crippen LogP contribution >= 0.6 is 11.3 Å². The van der Waals surface area contributed by atoms with Crippen molar-refractivity contribution in [2.45, 2.75) is 25.8 Å². The molecule has 1 N–H and O–H groups in total. The number of carbonyl (C=O) groups is 1. The molecule has 2 aromatic rings. The van der Waals surface area contributed by atoms with Gasteiger partial charge >= 0.3 is 0 Å². The zero-order valence-corrected chi connectivity index (χ0v) is 14.9. The molecule has 1 aromatic carbocycles. The average Bonchev–Trinajstić information content (AvgIpc) is 3.27. The number of methoxy groups -OCH3 is 1. The van der Waals surface area contributed by atoms with Gasteiger partial charge in [-0.05, 0) is 50.6 Å². The highest BCUT2D eigenvalue weighted by molar-refractivity contribution is 7.11. The first-order chi connectivity index (χ1) is 11.7. The summed E-state index contributed by atoms with van der Waals surface area (Å²) in [7, 11) is 1.68. The maximum atomic E-state index is 12.4. The number of thiazole rings is 1. The molecular weight excluding hydrogens is 322 g/mol. The topological polar surface area (TPSA) is 54.5 Å². The zero-order chi connectivity index (χ0) is 16.9. The molecule has 0 bridgehead atoms. The van der Waals surface area contributed by atoms with E-state index in [2.05, 4.69) is 27.3 Å². The van der Waals surface area contributed by atoms with E-state index < -0.39 is 0 Å². The normalized spacial score (nSPS) is 16.1. The zero-order valence-electron chi connectivity index (χ0n) is 14.1. The number of aryl methyl sites for hydroxylation is 1. The second-order valence-corrected chi connectivity index (χ2v) is 6.87. The molecule has 0 saturated carbocycles. The highest BCUT2D eigenvalue weighted by Gasteiger charge is 2.25. The molecule has 1 atom stereocenters. The van der Waals surface area contributed by atoms with Crippen LogP contribution < -0.4 is 10.1 Å². The first-order valence-corrected chi connectivity index (χ1v) is 9.13. The highest BCUT2D eigenvalue weighted by Crippen LogP contribution is 2.27. The minimum absolute atomic E-state index is 0.0397. The van der Waals surface area contributed by atoms with Crippen LogP contribution in [0, 0.1) is 6.92 Å². The molecule has 0 spiro atoms.